The lowest BCUT2D eigenvalue weighted by atomic mass is 10.0. The van der Waals surface area contributed by atoms with Crippen LogP contribution in [0, 0.1) is 5.92 Å². The van der Waals surface area contributed by atoms with Crippen LogP contribution in [0.25, 0.3) is 11.1 Å². The summed E-state index contributed by atoms with van der Waals surface area (Å²) in [6.45, 7) is 9.04. The molecule has 0 radical (unpaired) electrons. The minimum absolute atomic E-state index is 0.103. The van der Waals surface area contributed by atoms with Gasteiger partial charge in [0.15, 0.2) is 0 Å². The summed E-state index contributed by atoms with van der Waals surface area (Å²) in [5.74, 6) is 0.383. The van der Waals surface area contributed by atoms with Gasteiger partial charge in [-0.05, 0) is 71.3 Å². The molecule has 0 aliphatic carbocycles. The number of hydrogen-bond donors (Lipinski definition) is 0. The first-order valence-electron chi connectivity index (χ1n) is 10.1. The predicted octanol–water partition coefficient (Wildman–Crippen LogP) is 7.22. The van der Waals surface area contributed by atoms with Gasteiger partial charge in [-0.3, -0.25) is 4.79 Å². The number of carbonyl (C=O) groups is 1. The van der Waals surface area contributed by atoms with Crippen LogP contribution >= 0.6 is 23.1 Å². The Labute approximate surface area is 172 Å². The zero-order valence-electron chi connectivity index (χ0n) is 17.0. The number of thioether (sulfide) groups is 1. The maximum absolute atomic E-state index is 12.5. The van der Waals surface area contributed by atoms with E-state index in [2.05, 4.69) is 55.8 Å². The molecular formula is C23H32O2S2. The molecule has 2 atom stereocenters. The van der Waals surface area contributed by atoms with Gasteiger partial charge in [-0.15, -0.1) is 11.8 Å². The van der Waals surface area contributed by atoms with Crippen LogP contribution in [-0.2, 0) is 16.0 Å². The molecular weight excluding hydrogens is 372 g/mol. The zero-order chi connectivity index (χ0) is 19.6. The van der Waals surface area contributed by atoms with Crippen molar-refractivity contribution in [2.75, 3.05) is 6.61 Å². The quantitative estimate of drug-likeness (QED) is 0.292. The van der Waals surface area contributed by atoms with Crippen LogP contribution in [0.5, 0.6) is 0 Å². The lowest BCUT2D eigenvalue weighted by Gasteiger charge is -2.17. The summed E-state index contributed by atoms with van der Waals surface area (Å²) in [6.07, 6.45) is 5.59. The van der Waals surface area contributed by atoms with Gasteiger partial charge in [0.25, 0.3) is 0 Å². The SMILES string of the molecule is CCCCC(CC)COC(=O)C(C)Sc1cc(CC)cc(-c2ccsc2)c1. The van der Waals surface area contributed by atoms with Gasteiger partial charge in [0.2, 0.25) is 0 Å². The van der Waals surface area contributed by atoms with E-state index in [-0.39, 0.29) is 11.2 Å². The van der Waals surface area contributed by atoms with E-state index in [1.165, 1.54) is 29.5 Å². The Morgan fingerprint density at radius 2 is 2.00 bits per heavy atom. The molecule has 0 saturated carbocycles. The number of thiophene rings is 1. The van der Waals surface area contributed by atoms with E-state index in [4.69, 9.17) is 4.74 Å². The highest BCUT2D eigenvalue weighted by Crippen LogP contribution is 2.31. The molecule has 1 aromatic carbocycles. The van der Waals surface area contributed by atoms with Crippen LogP contribution in [0.3, 0.4) is 0 Å². The van der Waals surface area contributed by atoms with Crippen molar-refractivity contribution in [3.05, 3.63) is 40.6 Å². The highest BCUT2D eigenvalue weighted by molar-refractivity contribution is 8.00. The molecule has 0 aliphatic rings. The van der Waals surface area contributed by atoms with E-state index < -0.39 is 0 Å². The number of rotatable bonds is 11. The van der Waals surface area contributed by atoms with Crippen molar-refractivity contribution < 1.29 is 9.53 Å². The van der Waals surface area contributed by atoms with Crippen molar-refractivity contribution in [2.45, 2.75) is 69.9 Å². The molecule has 0 bridgehead atoms. The minimum Gasteiger partial charge on any atom is -0.465 e. The van der Waals surface area contributed by atoms with Gasteiger partial charge in [0, 0.05) is 4.90 Å². The fourth-order valence-electron chi connectivity index (χ4n) is 3.00. The molecule has 27 heavy (non-hydrogen) atoms. The topological polar surface area (TPSA) is 26.3 Å². The fourth-order valence-corrected chi connectivity index (χ4v) is 4.65. The van der Waals surface area contributed by atoms with Crippen LogP contribution in [-0.4, -0.2) is 17.8 Å². The van der Waals surface area contributed by atoms with Gasteiger partial charge >= 0.3 is 5.97 Å². The summed E-state index contributed by atoms with van der Waals surface area (Å²) in [5, 5.41) is 4.07. The molecule has 2 nitrogen and oxygen atoms in total. The van der Waals surface area contributed by atoms with Gasteiger partial charge in [0.05, 0.1) is 6.61 Å². The second-order valence-corrected chi connectivity index (χ2v) is 9.23. The number of aryl methyl sites for hydroxylation is 1. The largest absolute Gasteiger partial charge is 0.465 e. The second kappa shape index (κ2) is 11.6. The summed E-state index contributed by atoms with van der Waals surface area (Å²) in [6, 6.07) is 8.77. The van der Waals surface area contributed by atoms with Crippen LogP contribution in [0.15, 0.2) is 39.9 Å². The summed E-state index contributed by atoms with van der Waals surface area (Å²) in [7, 11) is 0. The summed E-state index contributed by atoms with van der Waals surface area (Å²) in [4.78, 5) is 13.6. The van der Waals surface area contributed by atoms with Gasteiger partial charge < -0.3 is 4.74 Å². The second-order valence-electron chi connectivity index (χ2n) is 7.04. The highest BCUT2D eigenvalue weighted by atomic mass is 32.2. The Morgan fingerprint density at radius 1 is 1.19 bits per heavy atom. The molecule has 0 saturated heterocycles. The Hall–Kier alpha value is -1.26. The van der Waals surface area contributed by atoms with E-state index >= 15 is 0 Å². The summed E-state index contributed by atoms with van der Waals surface area (Å²) >= 11 is 3.31. The molecule has 2 rings (SSSR count). The lowest BCUT2D eigenvalue weighted by molar-refractivity contribution is -0.144. The van der Waals surface area contributed by atoms with E-state index in [1.807, 2.05) is 6.92 Å². The molecule has 0 amide bonds. The van der Waals surface area contributed by atoms with Crippen molar-refractivity contribution in [1.82, 2.24) is 0 Å². The summed E-state index contributed by atoms with van der Waals surface area (Å²) in [5.41, 5.74) is 3.77. The van der Waals surface area contributed by atoms with Crippen molar-refractivity contribution in [1.29, 1.82) is 0 Å². The fraction of sp³-hybridized carbons (Fsp3) is 0.522. The Morgan fingerprint density at radius 3 is 2.63 bits per heavy atom. The maximum Gasteiger partial charge on any atom is 0.319 e. The maximum atomic E-state index is 12.5. The number of ether oxygens (including phenoxy) is 1. The minimum atomic E-state index is -0.198. The molecule has 0 N–H and O–H groups in total. The molecule has 0 aliphatic heterocycles. The lowest BCUT2D eigenvalue weighted by Crippen LogP contribution is -2.21. The van der Waals surface area contributed by atoms with E-state index in [9.17, 15) is 4.79 Å². The van der Waals surface area contributed by atoms with Crippen molar-refractivity contribution in [3.8, 4) is 11.1 Å². The smallest absolute Gasteiger partial charge is 0.319 e. The molecule has 4 heteroatoms. The summed E-state index contributed by atoms with van der Waals surface area (Å²) < 4.78 is 5.63. The molecule has 2 aromatic rings. The average Bonchev–Trinajstić information content (AvgIpc) is 3.22. The Kier molecular flexibility index (Phi) is 9.43. The zero-order valence-corrected chi connectivity index (χ0v) is 18.6. The standard InChI is InChI=1S/C23H32O2S2/c1-5-8-9-18(6-2)15-25-23(24)17(4)27-22-13-19(7-3)12-21(14-22)20-10-11-26-16-20/h10-14,16-18H,5-9,15H2,1-4H3. The Balaban J connectivity index is 1.98. The van der Waals surface area contributed by atoms with Crippen molar-refractivity contribution in [3.63, 3.8) is 0 Å². The van der Waals surface area contributed by atoms with Crippen LogP contribution in [0.4, 0.5) is 0 Å². The molecule has 2 unspecified atom stereocenters. The third-order valence-corrected chi connectivity index (χ3v) is 6.62. The van der Waals surface area contributed by atoms with Gasteiger partial charge in [-0.2, -0.15) is 11.3 Å². The number of hydrogen-bond acceptors (Lipinski definition) is 4. The van der Waals surface area contributed by atoms with Crippen molar-refractivity contribution >= 4 is 29.1 Å². The first kappa shape index (κ1) is 22.0. The predicted molar refractivity (Wildman–Crippen MR) is 119 cm³/mol. The van der Waals surface area contributed by atoms with Crippen LogP contribution in [0.2, 0.25) is 0 Å². The normalized spacial score (nSPS) is 13.3. The van der Waals surface area contributed by atoms with Gasteiger partial charge in [-0.25, -0.2) is 0 Å². The molecule has 148 valence electrons. The van der Waals surface area contributed by atoms with Gasteiger partial charge in [-0.1, -0.05) is 46.1 Å². The van der Waals surface area contributed by atoms with Crippen LogP contribution in [0.1, 0.15) is 58.9 Å². The van der Waals surface area contributed by atoms with E-state index in [0.717, 1.165) is 24.2 Å². The number of unbranched alkanes of at least 4 members (excludes halogenated alkanes) is 1. The monoisotopic (exact) mass is 404 g/mol. The molecule has 1 aromatic heterocycles. The van der Waals surface area contributed by atoms with Crippen molar-refractivity contribution in [2.24, 2.45) is 5.92 Å². The van der Waals surface area contributed by atoms with Crippen LogP contribution < -0.4 is 0 Å². The van der Waals surface area contributed by atoms with E-state index in [0.29, 0.717) is 12.5 Å². The molecule has 1 heterocycles. The van der Waals surface area contributed by atoms with E-state index in [1.54, 1.807) is 23.1 Å². The highest BCUT2D eigenvalue weighted by Gasteiger charge is 2.18. The Bertz CT molecular complexity index is 694. The average molecular weight is 405 g/mol. The number of carbonyl (C=O) groups excluding carboxylic acids is 1. The van der Waals surface area contributed by atoms with Gasteiger partial charge in [0.1, 0.15) is 5.25 Å². The molecule has 0 fully saturated rings. The third-order valence-electron chi connectivity index (χ3n) is 4.88. The first-order chi connectivity index (χ1) is 13.1. The number of benzene rings is 1. The first-order valence-corrected chi connectivity index (χ1v) is 11.9. The number of esters is 1. The molecule has 0 spiro atoms. The third kappa shape index (κ3) is 7.00.